The highest BCUT2D eigenvalue weighted by molar-refractivity contribution is 7.94. The number of nitrogens with zero attached hydrogens (tertiary/aromatic N) is 2. The smallest absolute Gasteiger partial charge is 0.270 e. The van der Waals surface area contributed by atoms with E-state index in [1.807, 2.05) is 30.3 Å². The number of carbonyl (C=O) groups is 1. The molecule has 0 aliphatic heterocycles. The van der Waals surface area contributed by atoms with Crippen molar-refractivity contribution in [2.24, 2.45) is 0 Å². The van der Waals surface area contributed by atoms with Gasteiger partial charge >= 0.3 is 0 Å². The van der Waals surface area contributed by atoms with Crippen molar-refractivity contribution in [2.45, 2.75) is 38.0 Å². The number of hydrogen-bond acceptors (Lipinski definition) is 7. The Labute approximate surface area is 228 Å². The van der Waals surface area contributed by atoms with Crippen LogP contribution in [0.3, 0.4) is 0 Å². The van der Waals surface area contributed by atoms with E-state index in [0.717, 1.165) is 16.8 Å². The predicted molar refractivity (Wildman–Crippen MR) is 152 cm³/mol. The number of benzene rings is 2. The number of methoxy groups -OCH3 is 1. The Morgan fingerprint density at radius 3 is 2.44 bits per heavy atom. The largest absolute Gasteiger partial charge is 0.508 e. The summed E-state index contributed by atoms with van der Waals surface area (Å²) in [6, 6.07) is 18.7. The number of carbonyl (C=O) groups excluding carboxylic acids is 1. The van der Waals surface area contributed by atoms with Crippen LogP contribution in [0.5, 0.6) is 5.75 Å². The molecule has 0 aliphatic carbocycles. The first kappa shape index (κ1) is 28.0. The van der Waals surface area contributed by atoms with Crippen molar-refractivity contribution < 1.29 is 23.1 Å². The molecule has 2 heterocycles. The zero-order chi connectivity index (χ0) is 28.2. The second-order valence-corrected chi connectivity index (χ2v) is 12.7. The number of fused-ring (bicyclic) bond motifs is 1. The molecule has 0 unspecified atom stereocenters. The Hall–Kier alpha value is -4.02. The number of sulfonamides is 1. The van der Waals surface area contributed by atoms with Gasteiger partial charge in [0.05, 0.1) is 34.3 Å². The monoisotopic (exact) mass is 548 g/mol. The molecule has 3 N–H and O–H groups in total. The number of pyridine rings is 2. The van der Waals surface area contributed by atoms with Gasteiger partial charge in [-0.1, -0.05) is 24.3 Å². The lowest BCUT2D eigenvalue weighted by Crippen LogP contribution is -2.40. The average molecular weight is 549 g/mol. The number of amides is 1. The first-order chi connectivity index (χ1) is 18.5. The summed E-state index contributed by atoms with van der Waals surface area (Å²) in [4.78, 5) is 22.3. The fourth-order valence-electron chi connectivity index (χ4n) is 3.95. The van der Waals surface area contributed by atoms with Crippen molar-refractivity contribution in [1.29, 1.82) is 0 Å². The van der Waals surface area contributed by atoms with E-state index in [4.69, 9.17) is 4.74 Å². The van der Waals surface area contributed by atoms with E-state index < -0.39 is 20.7 Å². The molecule has 4 rings (SSSR count). The lowest BCUT2D eigenvalue weighted by Gasteiger charge is -2.22. The highest BCUT2D eigenvalue weighted by Gasteiger charge is 2.30. The molecular weight excluding hydrogens is 516 g/mol. The third-order valence-corrected chi connectivity index (χ3v) is 8.28. The lowest BCUT2D eigenvalue weighted by atomic mass is 10.0. The zero-order valence-electron chi connectivity index (χ0n) is 22.3. The van der Waals surface area contributed by atoms with Crippen LogP contribution in [0.2, 0.25) is 0 Å². The molecular formula is C29H32N4O5S. The van der Waals surface area contributed by atoms with Gasteiger partial charge in [-0.15, -0.1) is 0 Å². The maximum atomic E-state index is 13.4. The Morgan fingerprint density at radius 1 is 1.05 bits per heavy atom. The molecule has 10 heteroatoms. The third kappa shape index (κ3) is 6.71. The summed E-state index contributed by atoms with van der Waals surface area (Å²) in [6.45, 7) is 5.05. The van der Waals surface area contributed by atoms with Crippen molar-refractivity contribution in [3.8, 4) is 17.0 Å². The minimum atomic E-state index is -3.80. The Morgan fingerprint density at radius 2 is 1.79 bits per heavy atom. The van der Waals surface area contributed by atoms with Gasteiger partial charge in [0.25, 0.3) is 5.91 Å². The molecule has 0 aliphatic rings. The maximum Gasteiger partial charge on any atom is 0.270 e. The van der Waals surface area contributed by atoms with Crippen LogP contribution in [0.25, 0.3) is 22.2 Å². The Balaban J connectivity index is 1.72. The molecule has 2 aromatic heterocycles. The molecule has 1 amide bonds. The van der Waals surface area contributed by atoms with Crippen LogP contribution in [-0.2, 0) is 21.2 Å². The molecule has 9 nitrogen and oxygen atoms in total. The third-order valence-electron chi connectivity index (χ3n) is 6.17. The summed E-state index contributed by atoms with van der Waals surface area (Å²) in [6.07, 6.45) is 2.15. The van der Waals surface area contributed by atoms with Crippen LogP contribution >= 0.6 is 0 Å². The van der Waals surface area contributed by atoms with Crippen molar-refractivity contribution >= 4 is 32.5 Å². The molecule has 0 spiro atoms. The number of ether oxygens (including phenoxy) is 1. The summed E-state index contributed by atoms with van der Waals surface area (Å²) in [5, 5.41) is 13.0. The fraction of sp³-hybridized carbons (Fsp3) is 0.276. The first-order valence-electron chi connectivity index (χ1n) is 12.4. The van der Waals surface area contributed by atoms with E-state index >= 15 is 0 Å². The van der Waals surface area contributed by atoms with Crippen molar-refractivity contribution in [3.05, 3.63) is 84.2 Å². The van der Waals surface area contributed by atoms with Crippen LogP contribution in [0, 0.1) is 0 Å². The number of aromatic hydroxyl groups is 1. The molecule has 1 atom stereocenters. The van der Waals surface area contributed by atoms with Crippen LogP contribution in [-0.4, -0.2) is 53.9 Å². The molecule has 39 heavy (non-hydrogen) atoms. The van der Waals surface area contributed by atoms with E-state index in [-0.39, 0.29) is 29.8 Å². The second kappa shape index (κ2) is 11.4. The normalized spacial score (nSPS) is 12.7. The number of nitrogens with one attached hydrogen (secondary N) is 2. The summed E-state index contributed by atoms with van der Waals surface area (Å²) < 4.78 is 33.1. The van der Waals surface area contributed by atoms with Gasteiger partial charge in [0.1, 0.15) is 11.4 Å². The molecule has 0 bridgehead atoms. The van der Waals surface area contributed by atoms with Crippen LogP contribution in [0.4, 0.5) is 5.69 Å². The van der Waals surface area contributed by atoms with Crippen LogP contribution < -0.4 is 10.0 Å². The average Bonchev–Trinajstić information content (AvgIpc) is 2.89. The van der Waals surface area contributed by atoms with Crippen molar-refractivity contribution in [2.75, 3.05) is 18.4 Å². The van der Waals surface area contributed by atoms with Crippen molar-refractivity contribution in [3.63, 3.8) is 0 Å². The molecule has 204 valence electrons. The van der Waals surface area contributed by atoms with Gasteiger partial charge in [-0.2, -0.15) is 0 Å². The SMILES string of the molecule is COC[C@H](Cc1ccc(O)cc1)NC(=O)c1cc(NS(=O)(=O)C(C)(C)C)c2cc(-c3ccccn3)ccc2n1. The van der Waals surface area contributed by atoms with Gasteiger partial charge in [0.15, 0.2) is 0 Å². The van der Waals surface area contributed by atoms with Gasteiger partial charge in [0.2, 0.25) is 10.0 Å². The molecule has 0 saturated heterocycles. The number of phenols is 1. The van der Waals surface area contributed by atoms with Crippen LogP contribution in [0.15, 0.2) is 72.9 Å². The maximum absolute atomic E-state index is 13.4. The van der Waals surface area contributed by atoms with Crippen LogP contribution in [0.1, 0.15) is 36.8 Å². The fourth-order valence-corrected chi connectivity index (χ4v) is 4.71. The van der Waals surface area contributed by atoms with E-state index in [2.05, 4.69) is 20.0 Å². The topological polar surface area (TPSA) is 131 Å². The summed E-state index contributed by atoms with van der Waals surface area (Å²) in [7, 11) is -2.26. The quantitative estimate of drug-likeness (QED) is 0.280. The second-order valence-electron chi connectivity index (χ2n) is 10.2. The Kier molecular flexibility index (Phi) is 8.17. The van der Waals surface area contributed by atoms with Gasteiger partial charge < -0.3 is 15.2 Å². The van der Waals surface area contributed by atoms with E-state index in [1.165, 1.54) is 6.07 Å². The summed E-state index contributed by atoms with van der Waals surface area (Å²) >= 11 is 0. The van der Waals surface area contributed by atoms with Gasteiger partial charge in [-0.3, -0.25) is 14.5 Å². The number of rotatable bonds is 9. The predicted octanol–water partition coefficient (Wildman–Crippen LogP) is 4.53. The molecule has 2 aromatic carbocycles. The number of phenolic OH excluding ortho intramolecular Hbond substituents is 1. The highest BCUT2D eigenvalue weighted by atomic mass is 32.2. The minimum absolute atomic E-state index is 0.0616. The van der Waals surface area contributed by atoms with E-state index in [1.54, 1.807) is 64.4 Å². The van der Waals surface area contributed by atoms with Crippen molar-refractivity contribution in [1.82, 2.24) is 15.3 Å². The number of hydrogen-bond donors (Lipinski definition) is 3. The summed E-state index contributed by atoms with van der Waals surface area (Å²) in [5.74, 6) is -0.314. The number of anilines is 1. The Bertz CT molecular complexity index is 1570. The van der Waals surface area contributed by atoms with Gasteiger partial charge in [-0.25, -0.2) is 13.4 Å². The van der Waals surface area contributed by atoms with E-state index in [0.29, 0.717) is 17.3 Å². The molecule has 0 radical (unpaired) electrons. The summed E-state index contributed by atoms with van der Waals surface area (Å²) in [5.41, 5.74) is 3.18. The van der Waals surface area contributed by atoms with Gasteiger partial charge in [0, 0.05) is 24.3 Å². The standard InChI is InChI=1S/C29H32N4O5S/c1-29(2,3)39(36,37)33-26-17-27(28(35)31-21(18-38-4)15-19-8-11-22(34)12-9-19)32-25-13-10-20(16-23(25)26)24-7-5-6-14-30-24/h5-14,16-17,21,34H,15,18H2,1-4H3,(H,31,35)(H,32,33)/t21-/m0/s1. The van der Waals surface area contributed by atoms with Gasteiger partial charge in [-0.05, 0) is 75.2 Å². The zero-order valence-corrected chi connectivity index (χ0v) is 23.1. The highest BCUT2D eigenvalue weighted by Crippen LogP contribution is 2.31. The lowest BCUT2D eigenvalue weighted by molar-refractivity contribution is 0.0892. The molecule has 4 aromatic rings. The minimum Gasteiger partial charge on any atom is -0.508 e. The molecule has 0 fully saturated rings. The number of aromatic nitrogens is 2. The first-order valence-corrected chi connectivity index (χ1v) is 13.9. The molecule has 0 saturated carbocycles. The van der Waals surface area contributed by atoms with E-state index in [9.17, 15) is 18.3 Å².